The second-order valence-corrected chi connectivity index (χ2v) is 8.10. The number of para-hydroxylation sites is 1. The summed E-state index contributed by atoms with van der Waals surface area (Å²) < 4.78 is 41.9. The molecule has 2 N–H and O–H groups in total. The molecule has 1 saturated heterocycles. The van der Waals surface area contributed by atoms with Crippen LogP contribution >= 0.6 is 0 Å². The average Bonchev–Trinajstić information content (AvgIpc) is 3.29. The number of benzene rings is 1. The maximum absolute atomic E-state index is 13.4. The fourth-order valence-corrected chi connectivity index (χ4v) is 3.74. The number of alkyl halides is 3. The molecule has 14 heteroatoms. The molecule has 11 nitrogen and oxygen atoms in total. The third kappa shape index (κ3) is 6.54. The number of hydrogen-bond acceptors (Lipinski definition) is 7. The molecule has 1 aliphatic rings. The second-order valence-electron chi connectivity index (χ2n) is 8.10. The standard InChI is InChI=1S/C22H26N6O3.C2HF3O2/c1-3-4-12-27-18-19(24-21(27)26-13-10-23-11-14-26)25(2)22(30)28(20(18)29)15-16-31-17-8-6-5-7-9-17;3-2(4,5)1(6)7/h5-9,23H,10-16H2,1-2H3;(H,6,7). The highest BCUT2D eigenvalue weighted by atomic mass is 19.4. The number of carboxylic acid groups (broad SMARTS) is 1. The minimum atomic E-state index is -5.08. The zero-order valence-electron chi connectivity index (χ0n) is 20.8. The maximum atomic E-state index is 13.4. The first-order valence-corrected chi connectivity index (χ1v) is 11.6. The van der Waals surface area contributed by atoms with Crippen LogP contribution in [0.15, 0.2) is 39.9 Å². The predicted molar refractivity (Wildman–Crippen MR) is 133 cm³/mol. The van der Waals surface area contributed by atoms with Crippen molar-refractivity contribution in [3.63, 3.8) is 0 Å². The number of halogens is 3. The van der Waals surface area contributed by atoms with Gasteiger partial charge in [0.25, 0.3) is 5.56 Å². The molecule has 0 amide bonds. The lowest BCUT2D eigenvalue weighted by Crippen LogP contribution is -2.44. The average molecular weight is 537 g/mol. The fraction of sp³-hybridized carbons (Fsp3) is 0.417. The summed E-state index contributed by atoms with van der Waals surface area (Å²) in [7, 11) is 1.64. The number of nitrogens with zero attached hydrogens (tertiary/aromatic N) is 5. The number of carboxylic acids is 1. The molecule has 0 radical (unpaired) electrons. The normalized spacial score (nSPS) is 13.3. The van der Waals surface area contributed by atoms with Crippen molar-refractivity contribution >= 4 is 23.1 Å². The van der Waals surface area contributed by atoms with E-state index in [4.69, 9.17) is 19.6 Å². The van der Waals surface area contributed by atoms with Crippen LogP contribution in [0.3, 0.4) is 0 Å². The van der Waals surface area contributed by atoms with Crippen molar-refractivity contribution in [1.82, 2.24) is 24.0 Å². The Morgan fingerprint density at radius 1 is 1.16 bits per heavy atom. The molecule has 204 valence electrons. The summed E-state index contributed by atoms with van der Waals surface area (Å²) in [5.41, 5.74) is -0.0199. The number of nitrogens with one attached hydrogen (secondary N) is 1. The first-order valence-electron chi connectivity index (χ1n) is 11.6. The molecule has 0 saturated carbocycles. The minimum Gasteiger partial charge on any atom is -0.492 e. The minimum absolute atomic E-state index is 0.143. The molecule has 38 heavy (non-hydrogen) atoms. The Morgan fingerprint density at radius 2 is 1.79 bits per heavy atom. The smallest absolute Gasteiger partial charge is 0.490 e. The molecule has 3 heterocycles. The lowest BCUT2D eigenvalue weighted by Gasteiger charge is -2.28. The molecule has 0 unspecified atom stereocenters. The van der Waals surface area contributed by atoms with Crippen LogP contribution in [0.5, 0.6) is 5.75 Å². The van der Waals surface area contributed by atoms with E-state index >= 15 is 0 Å². The van der Waals surface area contributed by atoms with Gasteiger partial charge in [0, 0.05) is 33.2 Å². The number of carbonyl (C=O) groups is 1. The van der Waals surface area contributed by atoms with E-state index in [-0.39, 0.29) is 18.7 Å². The molecule has 3 aromatic rings. The Hall–Kier alpha value is -4.25. The lowest BCUT2D eigenvalue weighted by atomic mass is 10.3. The number of aryl methyl sites for hydroxylation is 1. The van der Waals surface area contributed by atoms with Crippen LogP contribution in [-0.2, 0) is 24.9 Å². The van der Waals surface area contributed by atoms with Gasteiger partial charge in [-0.3, -0.25) is 18.5 Å². The van der Waals surface area contributed by atoms with Crippen LogP contribution < -0.4 is 26.2 Å². The number of fused-ring (bicyclic) bond motifs is 1. The number of piperazine rings is 1. The topological polar surface area (TPSA) is 124 Å². The molecule has 0 spiro atoms. The number of hydrogen-bond donors (Lipinski definition) is 2. The fourth-order valence-electron chi connectivity index (χ4n) is 3.74. The largest absolute Gasteiger partial charge is 0.492 e. The van der Waals surface area contributed by atoms with Crippen molar-refractivity contribution < 1.29 is 27.8 Å². The summed E-state index contributed by atoms with van der Waals surface area (Å²) in [4.78, 5) is 42.0. The first kappa shape index (κ1) is 28.3. The number of rotatable bonds is 6. The third-order valence-corrected chi connectivity index (χ3v) is 5.60. The van der Waals surface area contributed by atoms with Crippen molar-refractivity contribution in [2.75, 3.05) is 37.7 Å². The molecule has 2 aromatic heterocycles. The number of imidazole rings is 1. The number of ether oxygens (including phenoxy) is 1. The molecular weight excluding hydrogens is 509 g/mol. The molecule has 0 aliphatic carbocycles. The van der Waals surface area contributed by atoms with Crippen molar-refractivity contribution in [2.24, 2.45) is 7.05 Å². The molecule has 0 bridgehead atoms. The van der Waals surface area contributed by atoms with Crippen LogP contribution in [-0.4, -0.2) is 68.7 Å². The third-order valence-electron chi connectivity index (χ3n) is 5.60. The van der Waals surface area contributed by atoms with E-state index in [2.05, 4.69) is 22.1 Å². The van der Waals surface area contributed by atoms with Gasteiger partial charge < -0.3 is 20.1 Å². The second kappa shape index (κ2) is 12.3. The summed E-state index contributed by atoms with van der Waals surface area (Å²) in [5, 5.41) is 10.4. The van der Waals surface area contributed by atoms with E-state index in [1.165, 1.54) is 9.13 Å². The monoisotopic (exact) mass is 536 g/mol. The SMILES string of the molecule is CC#CCn1c(N2CCNCC2)nc2c1c(=O)n(CCOc1ccccc1)c(=O)n2C.O=C(O)C(F)(F)F. The predicted octanol–water partition coefficient (Wildman–Crippen LogP) is 1.04. The Balaban J connectivity index is 0.000000505. The Labute approximate surface area is 215 Å². The Kier molecular flexibility index (Phi) is 9.19. The van der Waals surface area contributed by atoms with Crippen LogP contribution in [0.25, 0.3) is 11.2 Å². The van der Waals surface area contributed by atoms with Crippen LogP contribution in [0.1, 0.15) is 6.92 Å². The van der Waals surface area contributed by atoms with E-state index in [0.29, 0.717) is 29.4 Å². The van der Waals surface area contributed by atoms with Crippen molar-refractivity contribution in [3.05, 3.63) is 51.2 Å². The van der Waals surface area contributed by atoms with Gasteiger partial charge in [0.15, 0.2) is 11.2 Å². The van der Waals surface area contributed by atoms with Gasteiger partial charge in [-0.15, -0.1) is 5.92 Å². The molecule has 0 atom stereocenters. The molecule has 1 fully saturated rings. The van der Waals surface area contributed by atoms with E-state index in [0.717, 1.165) is 26.2 Å². The maximum Gasteiger partial charge on any atom is 0.490 e. The van der Waals surface area contributed by atoms with Gasteiger partial charge in [-0.25, -0.2) is 9.59 Å². The summed E-state index contributed by atoms with van der Waals surface area (Å²) in [6.45, 7) is 5.66. The zero-order chi connectivity index (χ0) is 27.9. The summed E-state index contributed by atoms with van der Waals surface area (Å²) in [6.07, 6.45) is -5.08. The highest BCUT2D eigenvalue weighted by Crippen LogP contribution is 2.20. The van der Waals surface area contributed by atoms with Crippen molar-refractivity contribution in [2.45, 2.75) is 26.2 Å². The van der Waals surface area contributed by atoms with Gasteiger partial charge in [0.2, 0.25) is 5.95 Å². The van der Waals surface area contributed by atoms with E-state index in [9.17, 15) is 22.8 Å². The highest BCUT2D eigenvalue weighted by molar-refractivity contribution is 5.75. The Bertz CT molecular complexity index is 1440. The molecule has 1 aliphatic heterocycles. The van der Waals surface area contributed by atoms with E-state index in [1.807, 2.05) is 34.9 Å². The Morgan fingerprint density at radius 3 is 2.37 bits per heavy atom. The van der Waals surface area contributed by atoms with E-state index in [1.54, 1.807) is 14.0 Å². The van der Waals surface area contributed by atoms with Crippen molar-refractivity contribution in [1.29, 1.82) is 0 Å². The quantitative estimate of drug-likeness (QED) is 0.448. The van der Waals surface area contributed by atoms with Gasteiger partial charge in [-0.1, -0.05) is 24.1 Å². The summed E-state index contributed by atoms with van der Waals surface area (Å²) in [5.74, 6) is 4.53. The molecular formula is C24H27F3N6O5. The van der Waals surface area contributed by atoms with Gasteiger partial charge in [-0.05, 0) is 19.1 Å². The van der Waals surface area contributed by atoms with Gasteiger partial charge >= 0.3 is 17.8 Å². The number of aromatic nitrogens is 4. The van der Waals surface area contributed by atoms with Gasteiger partial charge in [0.1, 0.15) is 12.4 Å². The van der Waals surface area contributed by atoms with Gasteiger partial charge in [0.05, 0.1) is 13.1 Å². The summed E-state index contributed by atoms with van der Waals surface area (Å²) in [6, 6.07) is 9.32. The van der Waals surface area contributed by atoms with Crippen molar-refractivity contribution in [3.8, 4) is 17.6 Å². The van der Waals surface area contributed by atoms with Crippen LogP contribution in [0.2, 0.25) is 0 Å². The molecule has 4 rings (SSSR count). The molecule has 1 aromatic carbocycles. The number of anilines is 1. The van der Waals surface area contributed by atoms with Crippen LogP contribution in [0, 0.1) is 11.8 Å². The van der Waals surface area contributed by atoms with Gasteiger partial charge in [-0.2, -0.15) is 18.2 Å². The first-order chi connectivity index (χ1) is 18.1. The van der Waals surface area contributed by atoms with Crippen LogP contribution in [0.4, 0.5) is 19.1 Å². The lowest BCUT2D eigenvalue weighted by molar-refractivity contribution is -0.192. The number of aliphatic carboxylic acids is 1. The van der Waals surface area contributed by atoms with E-state index < -0.39 is 17.8 Å². The highest BCUT2D eigenvalue weighted by Gasteiger charge is 2.38. The summed E-state index contributed by atoms with van der Waals surface area (Å²) >= 11 is 0. The zero-order valence-corrected chi connectivity index (χ0v) is 20.8.